The van der Waals surface area contributed by atoms with Crippen LogP contribution in [0, 0.1) is 16.7 Å². The summed E-state index contributed by atoms with van der Waals surface area (Å²) in [6.45, 7) is 6.86. The molecule has 3 N–H and O–H groups in total. The first-order valence-corrected chi connectivity index (χ1v) is 7.11. The van der Waals surface area contributed by atoms with Crippen LogP contribution in [0.3, 0.4) is 0 Å². The molecule has 2 heteroatoms. The van der Waals surface area contributed by atoms with Crippen molar-refractivity contribution < 1.29 is 0 Å². The van der Waals surface area contributed by atoms with Crippen molar-refractivity contribution >= 4 is 5.84 Å². The third kappa shape index (κ3) is 5.91. The lowest BCUT2D eigenvalue weighted by Gasteiger charge is -2.31. The highest BCUT2D eigenvalue weighted by Crippen LogP contribution is 2.36. The maximum absolute atomic E-state index is 7.27. The van der Waals surface area contributed by atoms with Gasteiger partial charge in [0.1, 0.15) is 0 Å². The number of rotatable bonds is 8. The minimum atomic E-state index is 0.240. The van der Waals surface area contributed by atoms with Crippen molar-refractivity contribution in [3.05, 3.63) is 41.8 Å². The standard InChI is InChI=1S/C17H27N2/c1-14(11-12-15-8-5-4-6-9-15)17(2,3)13-7-10-16(18)19/h4-6,8-9H,7,10-13H2,1-3H3,(H3,18,19). The highest BCUT2D eigenvalue weighted by atomic mass is 14.7. The zero-order chi connectivity index (χ0) is 14.3. The predicted molar refractivity (Wildman–Crippen MR) is 83.2 cm³/mol. The van der Waals surface area contributed by atoms with E-state index < -0.39 is 0 Å². The Balaban J connectivity index is 2.38. The van der Waals surface area contributed by atoms with Gasteiger partial charge < -0.3 is 5.73 Å². The molecule has 1 aromatic rings. The number of aryl methyl sites for hydroxylation is 1. The SMILES string of the molecule is C[C](CCc1ccccc1)C(C)(C)CCCC(=N)N. The van der Waals surface area contributed by atoms with Crippen LogP contribution in [0.25, 0.3) is 0 Å². The van der Waals surface area contributed by atoms with E-state index in [1.54, 1.807) is 5.92 Å². The molecule has 0 fully saturated rings. The number of nitrogens with two attached hydrogens (primary N) is 1. The molecule has 0 amide bonds. The maximum Gasteiger partial charge on any atom is 0.0905 e. The van der Waals surface area contributed by atoms with E-state index >= 15 is 0 Å². The van der Waals surface area contributed by atoms with Crippen LogP contribution in [0.5, 0.6) is 0 Å². The van der Waals surface area contributed by atoms with Gasteiger partial charge in [0, 0.05) is 6.42 Å². The van der Waals surface area contributed by atoms with Gasteiger partial charge in [-0.05, 0) is 42.6 Å². The Morgan fingerprint density at radius 3 is 2.37 bits per heavy atom. The number of nitrogens with one attached hydrogen (secondary N) is 1. The topological polar surface area (TPSA) is 49.9 Å². The molecule has 0 spiro atoms. The number of hydrogen-bond donors (Lipinski definition) is 2. The van der Waals surface area contributed by atoms with Crippen LogP contribution >= 0.6 is 0 Å². The molecule has 0 saturated heterocycles. The first-order chi connectivity index (χ1) is 8.92. The molecule has 1 rings (SSSR count). The zero-order valence-electron chi connectivity index (χ0n) is 12.5. The van der Waals surface area contributed by atoms with Crippen molar-refractivity contribution in [1.82, 2.24) is 0 Å². The van der Waals surface area contributed by atoms with E-state index in [9.17, 15) is 0 Å². The van der Waals surface area contributed by atoms with E-state index in [1.807, 2.05) is 0 Å². The van der Waals surface area contributed by atoms with Gasteiger partial charge in [-0.3, -0.25) is 5.41 Å². The molecule has 1 aromatic carbocycles. The van der Waals surface area contributed by atoms with Gasteiger partial charge in [0.2, 0.25) is 0 Å². The van der Waals surface area contributed by atoms with E-state index in [-0.39, 0.29) is 5.41 Å². The summed E-state index contributed by atoms with van der Waals surface area (Å²) < 4.78 is 0. The minimum Gasteiger partial charge on any atom is -0.388 e. The van der Waals surface area contributed by atoms with Crippen molar-refractivity contribution in [2.24, 2.45) is 11.1 Å². The average molecular weight is 259 g/mol. The molecule has 0 atom stereocenters. The maximum atomic E-state index is 7.27. The molecular weight excluding hydrogens is 232 g/mol. The molecule has 0 aliphatic rings. The summed E-state index contributed by atoms with van der Waals surface area (Å²) in [5.74, 6) is 1.85. The van der Waals surface area contributed by atoms with Crippen LogP contribution < -0.4 is 5.73 Å². The van der Waals surface area contributed by atoms with Gasteiger partial charge in [-0.1, -0.05) is 51.1 Å². The summed E-state index contributed by atoms with van der Waals surface area (Å²) in [6, 6.07) is 10.6. The van der Waals surface area contributed by atoms with Gasteiger partial charge in [0.15, 0.2) is 0 Å². The highest BCUT2D eigenvalue weighted by Gasteiger charge is 2.25. The third-order valence-corrected chi connectivity index (χ3v) is 4.03. The van der Waals surface area contributed by atoms with Crippen LogP contribution in [0.15, 0.2) is 30.3 Å². The molecule has 0 saturated carbocycles. The van der Waals surface area contributed by atoms with Crippen LogP contribution in [0.1, 0.15) is 52.0 Å². The minimum absolute atomic E-state index is 0.240. The Kier molecular flexibility index (Phi) is 6.07. The van der Waals surface area contributed by atoms with Gasteiger partial charge in [0.25, 0.3) is 0 Å². The second-order valence-electron chi connectivity index (χ2n) is 6.03. The summed E-state index contributed by atoms with van der Waals surface area (Å²) in [7, 11) is 0. The lowest BCUT2D eigenvalue weighted by molar-refractivity contribution is 0.331. The summed E-state index contributed by atoms with van der Waals surface area (Å²) >= 11 is 0. The lowest BCUT2D eigenvalue weighted by atomic mass is 9.74. The van der Waals surface area contributed by atoms with Gasteiger partial charge in [-0.25, -0.2) is 0 Å². The van der Waals surface area contributed by atoms with Crippen molar-refractivity contribution in [2.75, 3.05) is 0 Å². The van der Waals surface area contributed by atoms with E-state index in [4.69, 9.17) is 11.1 Å². The van der Waals surface area contributed by atoms with Crippen molar-refractivity contribution in [3.8, 4) is 0 Å². The third-order valence-electron chi connectivity index (χ3n) is 4.03. The van der Waals surface area contributed by atoms with Crippen LogP contribution in [0.4, 0.5) is 0 Å². The van der Waals surface area contributed by atoms with Gasteiger partial charge in [0.05, 0.1) is 5.84 Å². The molecule has 0 heterocycles. The van der Waals surface area contributed by atoms with Gasteiger partial charge in [-0.15, -0.1) is 0 Å². The summed E-state index contributed by atoms with van der Waals surface area (Å²) in [5, 5.41) is 7.27. The highest BCUT2D eigenvalue weighted by molar-refractivity contribution is 5.76. The first-order valence-electron chi connectivity index (χ1n) is 7.11. The first kappa shape index (κ1) is 15.7. The fraction of sp³-hybridized carbons (Fsp3) is 0.529. The molecular formula is C17H27N2. The smallest absolute Gasteiger partial charge is 0.0905 e. The second-order valence-corrected chi connectivity index (χ2v) is 6.03. The Bertz CT molecular complexity index is 382. The number of benzene rings is 1. The zero-order valence-corrected chi connectivity index (χ0v) is 12.5. The van der Waals surface area contributed by atoms with E-state index in [1.165, 1.54) is 5.56 Å². The largest absolute Gasteiger partial charge is 0.388 e. The van der Waals surface area contributed by atoms with Crippen LogP contribution in [0.2, 0.25) is 0 Å². The van der Waals surface area contributed by atoms with Crippen molar-refractivity contribution in [2.45, 2.75) is 52.9 Å². The fourth-order valence-corrected chi connectivity index (χ4v) is 2.25. The average Bonchev–Trinajstić information content (AvgIpc) is 2.36. The summed E-state index contributed by atoms with van der Waals surface area (Å²) in [4.78, 5) is 0. The molecule has 0 bridgehead atoms. The molecule has 0 aromatic heterocycles. The van der Waals surface area contributed by atoms with E-state index in [0.717, 1.165) is 32.1 Å². The molecule has 1 radical (unpaired) electrons. The van der Waals surface area contributed by atoms with E-state index in [0.29, 0.717) is 5.84 Å². The Morgan fingerprint density at radius 1 is 1.16 bits per heavy atom. The van der Waals surface area contributed by atoms with Crippen molar-refractivity contribution in [3.63, 3.8) is 0 Å². The van der Waals surface area contributed by atoms with Gasteiger partial charge in [-0.2, -0.15) is 0 Å². The normalized spacial score (nSPS) is 11.8. The van der Waals surface area contributed by atoms with Gasteiger partial charge >= 0.3 is 0 Å². The van der Waals surface area contributed by atoms with Crippen LogP contribution in [-0.2, 0) is 6.42 Å². The monoisotopic (exact) mass is 259 g/mol. The quantitative estimate of drug-likeness (QED) is 0.529. The Morgan fingerprint density at radius 2 is 1.79 bits per heavy atom. The predicted octanol–water partition coefficient (Wildman–Crippen LogP) is 4.35. The lowest BCUT2D eigenvalue weighted by Crippen LogP contribution is -2.21. The van der Waals surface area contributed by atoms with Crippen molar-refractivity contribution in [1.29, 1.82) is 5.41 Å². The molecule has 0 unspecified atom stereocenters. The molecule has 0 aliphatic carbocycles. The van der Waals surface area contributed by atoms with E-state index in [2.05, 4.69) is 51.1 Å². The van der Waals surface area contributed by atoms with Crippen LogP contribution in [-0.4, -0.2) is 5.84 Å². The molecule has 105 valence electrons. The Labute approximate surface area is 117 Å². The molecule has 19 heavy (non-hydrogen) atoms. The number of amidine groups is 1. The Hall–Kier alpha value is -1.31. The second kappa shape index (κ2) is 7.32. The molecule has 2 nitrogen and oxygen atoms in total. The summed E-state index contributed by atoms with van der Waals surface area (Å²) in [5.41, 5.74) is 7.05. The number of hydrogen-bond acceptors (Lipinski definition) is 1. The molecule has 0 aliphatic heterocycles. The fourth-order valence-electron chi connectivity index (χ4n) is 2.25. The summed E-state index contributed by atoms with van der Waals surface area (Å²) in [6.07, 6.45) is 5.08.